The molecule has 0 N–H and O–H groups in total. The van der Waals surface area contributed by atoms with E-state index < -0.39 is 16.6 Å². The van der Waals surface area contributed by atoms with E-state index in [-0.39, 0.29) is 10.1 Å². The summed E-state index contributed by atoms with van der Waals surface area (Å²) in [6.45, 7) is 23.9. The summed E-state index contributed by atoms with van der Waals surface area (Å²) in [5, 5.41) is 0.478. The Labute approximate surface area is 233 Å². The predicted octanol–water partition coefficient (Wildman–Crippen LogP) is 10.1. The fourth-order valence-electron chi connectivity index (χ4n) is 5.96. The maximum Gasteiger partial charge on any atom is 0.250 e. The van der Waals surface area contributed by atoms with Gasteiger partial charge in [-0.25, -0.2) is 0 Å². The summed E-state index contributed by atoms with van der Waals surface area (Å²) in [7, 11) is -3.33. The van der Waals surface area contributed by atoms with Crippen LogP contribution < -0.4 is 0 Å². The minimum Gasteiger partial charge on any atom is -0.546 e. The first-order chi connectivity index (χ1) is 17.1. The molecule has 207 valence electrons. The highest BCUT2D eigenvalue weighted by Gasteiger charge is 2.44. The van der Waals surface area contributed by atoms with Gasteiger partial charge in [0.2, 0.25) is 16.6 Å². The molecule has 4 rings (SSSR count). The molecule has 0 fully saturated rings. The monoisotopic (exact) mass is 555 g/mol. The molecular formula is C32H55O2Si3. The van der Waals surface area contributed by atoms with Crippen molar-refractivity contribution < 1.29 is 8.85 Å². The van der Waals surface area contributed by atoms with E-state index in [1.165, 1.54) is 75.0 Å². The molecule has 0 saturated carbocycles. The fourth-order valence-corrected chi connectivity index (χ4v) is 10.0. The Morgan fingerprint density at radius 2 is 1.00 bits per heavy atom. The van der Waals surface area contributed by atoms with Gasteiger partial charge >= 0.3 is 0 Å². The molecule has 4 aliphatic carbocycles. The number of rotatable bonds is 8. The van der Waals surface area contributed by atoms with Crippen LogP contribution in [0.3, 0.4) is 0 Å². The Kier molecular flexibility index (Phi) is 8.40. The maximum absolute atomic E-state index is 7.03. The van der Waals surface area contributed by atoms with Gasteiger partial charge in [-0.2, -0.15) is 0 Å². The van der Waals surface area contributed by atoms with Crippen molar-refractivity contribution >= 4 is 26.2 Å². The van der Waals surface area contributed by atoms with Crippen LogP contribution >= 0.6 is 0 Å². The van der Waals surface area contributed by atoms with Crippen LogP contribution in [-0.4, -0.2) is 26.2 Å². The Morgan fingerprint density at radius 1 is 0.649 bits per heavy atom. The third kappa shape index (κ3) is 6.19. The van der Waals surface area contributed by atoms with E-state index in [2.05, 4.69) is 79.9 Å². The van der Waals surface area contributed by atoms with Crippen molar-refractivity contribution in [3.8, 4) is 0 Å². The SMILES string of the molecule is CC(C)(C)[Si](C)(C)OC1=CC2=C(CCCC2)C1C[SiH]CC1C(O[Si](C)(C)C(C)(C)C)=CC2=C1CCCC2. The lowest BCUT2D eigenvalue weighted by atomic mass is 9.89. The van der Waals surface area contributed by atoms with Gasteiger partial charge in [0.15, 0.2) is 0 Å². The van der Waals surface area contributed by atoms with Gasteiger partial charge in [-0.1, -0.05) is 52.7 Å². The first-order valence-electron chi connectivity index (χ1n) is 15.2. The molecule has 0 bridgehead atoms. The molecular weight excluding hydrogens is 501 g/mol. The molecule has 0 aromatic rings. The summed E-state index contributed by atoms with van der Waals surface area (Å²) in [6.07, 6.45) is 15.5. The van der Waals surface area contributed by atoms with Crippen LogP contribution in [0, 0.1) is 11.8 Å². The molecule has 0 aromatic carbocycles. The van der Waals surface area contributed by atoms with E-state index in [4.69, 9.17) is 8.85 Å². The van der Waals surface area contributed by atoms with Crippen molar-refractivity contribution in [3.63, 3.8) is 0 Å². The zero-order chi connectivity index (χ0) is 27.2. The highest BCUT2D eigenvalue weighted by Crippen LogP contribution is 2.49. The molecule has 2 nitrogen and oxygen atoms in total. The molecule has 0 amide bonds. The van der Waals surface area contributed by atoms with Gasteiger partial charge < -0.3 is 8.85 Å². The quantitative estimate of drug-likeness (QED) is 0.277. The van der Waals surface area contributed by atoms with Crippen LogP contribution in [0.4, 0.5) is 0 Å². The molecule has 37 heavy (non-hydrogen) atoms. The van der Waals surface area contributed by atoms with Gasteiger partial charge in [0, 0.05) is 21.4 Å². The van der Waals surface area contributed by atoms with Crippen LogP contribution in [0.1, 0.15) is 92.9 Å². The molecule has 0 spiro atoms. The lowest BCUT2D eigenvalue weighted by Crippen LogP contribution is -2.41. The first-order valence-corrected chi connectivity index (χ1v) is 22.6. The molecule has 5 heteroatoms. The fraction of sp³-hybridized carbons (Fsp3) is 0.750. The lowest BCUT2D eigenvalue weighted by molar-refractivity contribution is 0.342. The molecule has 0 aromatic heterocycles. The summed E-state index contributed by atoms with van der Waals surface area (Å²) < 4.78 is 14.1. The van der Waals surface area contributed by atoms with E-state index in [0.29, 0.717) is 21.4 Å². The molecule has 0 heterocycles. The van der Waals surface area contributed by atoms with E-state index in [9.17, 15) is 0 Å². The maximum atomic E-state index is 7.03. The molecule has 0 saturated heterocycles. The van der Waals surface area contributed by atoms with Gasteiger partial charge in [0.25, 0.3) is 0 Å². The molecule has 0 aliphatic heterocycles. The smallest absolute Gasteiger partial charge is 0.250 e. The van der Waals surface area contributed by atoms with E-state index in [1.54, 1.807) is 22.3 Å². The van der Waals surface area contributed by atoms with Crippen molar-refractivity contribution in [1.82, 2.24) is 0 Å². The van der Waals surface area contributed by atoms with Gasteiger partial charge in [-0.15, -0.1) is 0 Å². The minimum atomic E-state index is -1.84. The second-order valence-electron chi connectivity index (χ2n) is 15.2. The van der Waals surface area contributed by atoms with Gasteiger partial charge in [0.1, 0.15) is 0 Å². The topological polar surface area (TPSA) is 18.5 Å². The summed E-state index contributed by atoms with van der Waals surface area (Å²) in [5.41, 5.74) is 6.74. The normalized spacial score (nSPS) is 25.1. The third-order valence-corrected chi connectivity index (χ3v) is 20.8. The number of hydrogen-bond donors (Lipinski definition) is 0. The zero-order valence-corrected chi connectivity index (χ0v) is 28.9. The van der Waals surface area contributed by atoms with Crippen LogP contribution in [0.5, 0.6) is 0 Å². The summed E-state index contributed by atoms with van der Waals surface area (Å²) in [6, 6.07) is 2.62. The van der Waals surface area contributed by atoms with Crippen LogP contribution in [-0.2, 0) is 8.85 Å². The van der Waals surface area contributed by atoms with Crippen molar-refractivity contribution in [3.05, 3.63) is 46.0 Å². The second kappa shape index (κ2) is 10.6. The van der Waals surface area contributed by atoms with Gasteiger partial charge in [-0.3, -0.25) is 0 Å². The van der Waals surface area contributed by atoms with Gasteiger partial charge in [0.05, 0.1) is 11.5 Å². The highest BCUT2D eigenvalue weighted by molar-refractivity contribution is 6.74. The summed E-state index contributed by atoms with van der Waals surface area (Å²) in [5.74, 6) is 3.77. The summed E-state index contributed by atoms with van der Waals surface area (Å²) >= 11 is 0. The average Bonchev–Trinajstić information content (AvgIpc) is 3.29. The average molecular weight is 556 g/mol. The van der Waals surface area contributed by atoms with E-state index in [1.807, 2.05) is 0 Å². The van der Waals surface area contributed by atoms with Gasteiger partial charge in [-0.05, 0) is 123 Å². The third-order valence-electron chi connectivity index (χ3n) is 10.4. The first kappa shape index (κ1) is 29.2. The molecule has 1 radical (unpaired) electrons. The Morgan fingerprint density at radius 3 is 1.35 bits per heavy atom. The highest BCUT2D eigenvalue weighted by atomic mass is 28.4. The van der Waals surface area contributed by atoms with Crippen molar-refractivity contribution in [2.75, 3.05) is 0 Å². The van der Waals surface area contributed by atoms with E-state index in [0.717, 1.165) is 0 Å². The van der Waals surface area contributed by atoms with Crippen molar-refractivity contribution in [1.29, 1.82) is 0 Å². The van der Waals surface area contributed by atoms with Crippen molar-refractivity contribution in [2.24, 2.45) is 11.8 Å². The molecule has 2 atom stereocenters. The Bertz CT molecular complexity index is 918. The van der Waals surface area contributed by atoms with Crippen LogP contribution in [0.25, 0.3) is 0 Å². The molecule has 4 aliphatic rings. The lowest BCUT2D eigenvalue weighted by Gasteiger charge is -2.39. The minimum absolute atomic E-state index is 0.239. The van der Waals surface area contributed by atoms with Crippen molar-refractivity contribution in [2.45, 2.75) is 141 Å². The Hall–Kier alpha value is -0.789. The Balaban J connectivity index is 1.49. The second-order valence-corrected chi connectivity index (χ2v) is 26.2. The van der Waals surface area contributed by atoms with E-state index >= 15 is 0 Å². The predicted molar refractivity (Wildman–Crippen MR) is 167 cm³/mol. The number of allylic oxidation sites excluding steroid dienone is 6. The standard InChI is InChI=1S/C32H55O2Si3/c1-31(2,3)36(7,8)33-29-19-23-15-11-13-17-25(23)27(29)21-35-22-28-26-18-14-12-16-24(26)20-30(28)34-37(9,10)32(4,5)6/h19-20,27-28,35H,11-18,21-22H2,1-10H3. The number of hydrogen-bond acceptors (Lipinski definition) is 2. The van der Waals surface area contributed by atoms with Crippen LogP contribution in [0.2, 0.25) is 48.4 Å². The zero-order valence-electron chi connectivity index (χ0n) is 25.8. The van der Waals surface area contributed by atoms with Crippen LogP contribution in [0.15, 0.2) is 46.0 Å². The summed E-state index contributed by atoms with van der Waals surface area (Å²) in [4.78, 5) is 0. The molecule has 2 unspecified atom stereocenters. The largest absolute Gasteiger partial charge is 0.546 e.